The molecule has 0 bridgehead atoms. The Labute approximate surface area is 171 Å². The lowest BCUT2D eigenvalue weighted by atomic mass is 9.80. The Kier molecular flexibility index (Phi) is 6.98. The fourth-order valence-corrected chi connectivity index (χ4v) is 3.30. The third kappa shape index (κ3) is 4.92. The number of nitrogens with zero attached hydrogens (tertiary/aromatic N) is 1. The van der Waals surface area contributed by atoms with Gasteiger partial charge in [0.2, 0.25) is 0 Å². The van der Waals surface area contributed by atoms with Crippen molar-refractivity contribution >= 4 is 17.6 Å². The predicted octanol–water partition coefficient (Wildman–Crippen LogP) is 4.70. The molecule has 0 radical (unpaired) electrons. The van der Waals surface area contributed by atoms with Gasteiger partial charge in [0, 0.05) is 17.8 Å². The van der Waals surface area contributed by atoms with Crippen LogP contribution in [0.15, 0.2) is 40.7 Å². The lowest BCUT2D eigenvalue weighted by Gasteiger charge is -2.30. The van der Waals surface area contributed by atoms with Crippen LogP contribution in [0.4, 0.5) is 13.2 Å². The van der Waals surface area contributed by atoms with Crippen molar-refractivity contribution in [1.29, 1.82) is 5.26 Å². The number of hydrogen-bond acceptors (Lipinski definition) is 5. The number of methoxy groups -OCH3 is 1. The lowest BCUT2D eigenvalue weighted by Crippen LogP contribution is -2.32. The molecule has 1 aromatic carbocycles. The zero-order valence-electron chi connectivity index (χ0n) is 16.3. The topological polar surface area (TPSA) is 71.3 Å². The average molecular weight is 429 g/mol. The van der Waals surface area contributed by atoms with Crippen molar-refractivity contribution in [3.63, 3.8) is 0 Å². The Balaban J connectivity index is 2.78. The van der Waals surface area contributed by atoms with Gasteiger partial charge in [0.05, 0.1) is 47.1 Å². The van der Waals surface area contributed by atoms with Crippen LogP contribution in [0.2, 0.25) is 5.02 Å². The number of benzene rings is 1. The van der Waals surface area contributed by atoms with E-state index >= 15 is 0 Å². The highest BCUT2D eigenvalue weighted by atomic mass is 35.5. The van der Waals surface area contributed by atoms with Gasteiger partial charge < -0.3 is 14.8 Å². The number of nitrogens with one attached hydrogen (secondary N) is 1. The van der Waals surface area contributed by atoms with Gasteiger partial charge in [-0.2, -0.15) is 18.4 Å². The fourth-order valence-electron chi connectivity index (χ4n) is 3.07. The largest absolute Gasteiger partial charge is 0.460 e. The number of alkyl halides is 3. The van der Waals surface area contributed by atoms with Gasteiger partial charge in [-0.05, 0) is 44.5 Å². The summed E-state index contributed by atoms with van der Waals surface area (Å²) in [6, 6.07) is 4.79. The molecule has 0 amide bonds. The first-order valence-electron chi connectivity index (χ1n) is 8.68. The number of rotatable bonds is 5. The van der Waals surface area contributed by atoms with Crippen molar-refractivity contribution in [3.8, 4) is 6.07 Å². The van der Waals surface area contributed by atoms with Gasteiger partial charge >= 0.3 is 12.1 Å². The molecule has 2 rings (SSSR count). The normalized spacial score (nSPS) is 17.3. The first-order chi connectivity index (χ1) is 13.5. The molecule has 5 nitrogen and oxygen atoms in total. The van der Waals surface area contributed by atoms with Crippen molar-refractivity contribution in [2.45, 2.75) is 39.0 Å². The first kappa shape index (κ1) is 22.8. The number of dihydropyridines is 1. The molecular formula is C20H20ClF3N2O3. The zero-order chi connectivity index (χ0) is 21.9. The number of ether oxygens (including phenoxy) is 2. The van der Waals surface area contributed by atoms with E-state index in [-0.39, 0.29) is 28.3 Å². The summed E-state index contributed by atoms with van der Waals surface area (Å²) in [7, 11) is 1.41. The Morgan fingerprint density at radius 1 is 1.38 bits per heavy atom. The second kappa shape index (κ2) is 8.89. The molecule has 1 aromatic rings. The highest BCUT2D eigenvalue weighted by Crippen LogP contribution is 2.43. The summed E-state index contributed by atoms with van der Waals surface area (Å²) >= 11 is 6.22. The van der Waals surface area contributed by atoms with Crippen molar-refractivity contribution < 1.29 is 27.4 Å². The number of halogens is 4. The summed E-state index contributed by atoms with van der Waals surface area (Å²) in [5.74, 6) is -1.90. The summed E-state index contributed by atoms with van der Waals surface area (Å²) in [4.78, 5) is 12.9. The summed E-state index contributed by atoms with van der Waals surface area (Å²) in [5, 5.41) is 12.6. The highest BCUT2D eigenvalue weighted by molar-refractivity contribution is 6.31. The van der Waals surface area contributed by atoms with E-state index in [0.717, 1.165) is 18.2 Å². The van der Waals surface area contributed by atoms with Crippen molar-refractivity contribution in [2.24, 2.45) is 0 Å². The van der Waals surface area contributed by atoms with Crippen LogP contribution in [-0.2, 0) is 20.4 Å². The molecule has 1 unspecified atom stereocenters. The van der Waals surface area contributed by atoms with E-state index in [2.05, 4.69) is 5.32 Å². The first-order valence-corrected chi connectivity index (χ1v) is 9.06. The van der Waals surface area contributed by atoms with E-state index in [9.17, 15) is 23.2 Å². The molecule has 0 saturated heterocycles. The maximum atomic E-state index is 13.3. The van der Waals surface area contributed by atoms with Gasteiger partial charge in [-0.15, -0.1) is 0 Å². The average Bonchev–Trinajstić information content (AvgIpc) is 2.60. The van der Waals surface area contributed by atoms with Crippen LogP contribution in [0.5, 0.6) is 0 Å². The molecule has 1 atom stereocenters. The predicted molar refractivity (Wildman–Crippen MR) is 101 cm³/mol. The Morgan fingerprint density at radius 2 is 2.03 bits per heavy atom. The molecule has 156 valence electrons. The molecule has 0 aromatic heterocycles. The Morgan fingerprint density at radius 3 is 2.55 bits per heavy atom. The van der Waals surface area contributed by atoms with E-state index in [1.54, 1.807) is 20.8 Å². The molecule has 1 aliphatic rings. The fraction of sp³-hybridized carbons (Fsp3) is 0.400. The van der Waals surface area contributed by atoms with Crippen LogP contribution in [0, 0.1) is 11.3 Å². The third-order valence-corrected chi connectivity index (χ3v) is 4.60. The van der Waals surface area contributed by atoms with Gasteiger partial charge in [-0.25, -0.2) is 4.79 Å². The maximum Gasteiger partial charge on any atom is 0.416 e. The molecule has 29 heavy (non-hydrogen) atoms. The molecule has 0 aliphatic carbocycles. The van der Waals surface area contributed by atoms with E-state index in [4.69, 9.17) is 21.1 Å². The van der Waals surface area contributed by atoms with Gasteiger partial charge in [-0.1, -0.05) is 11.6 Å². The SMILES string of the molecule is COCC1=C(C(=O)OC(C)C)C(c2cc(C(F)(F)F)ccc2Cl)C(C#N)=C(C)N1. The van der Waals surface area contributed by atoms with Gasteiger partial charge in [-0.3, -0.25) is 0 Å². The van der Waals surface area contributed by atoms with E-state index in [0.29, 0.717) is 11.4 Å². The highest BCUT2D eigenvalue weighted by Gasteiger charge is 2.39. The number of carbonyl (C=O) groups is 1. The smallest absolute Gasteiger partial charge is 0.416 e. The van der Waals surface area contributed by atoms with Crippen LogP contribution < -0.4 is 5.32 Å². The summed E-state index contributed by atoms with van der Waals surface area (Å²) in [6.07, 6.45) is -5.09. The van der Waals surface area contributed by atoms with E-state index in [1.165, 1.54) is 7.11 Å². The standard InChI is InChI=1S/C20H20ClF3N2O3/c1-10(2)29-19(27)18-16(9-28-4)26-11(3)14(8-25)17(18)13-7-12(20(22,23)24)5-6-15(13)21/h5-7,10,17,26H,9H2,1-4H3. The molecule has 0 saturated carbocycles. The van der Waals surface area contributed by atoms with Crippen LogP contribution in [0.25, 0.3) is 0 Å². The van der Waals surface area contributed by atoms with Crippen molar-refractivity contribution in [1.82, 2.24) is 5.32 Å². The Hall–Kier alpha value is -2.50. The lowest BCUT2D eigenvalue weighted by molar-refractivity contribution is -0.143. The minimum Gasteiger partial charge on any atom is -0.460 e. The molecule has 0 spiro atoms. The van der Waals surface area contributed by atoms with E-state index in [1.807, 2.05) is 6.07 Å². The quantitative estimate of drug-likeness (QED) is 0.688. The Bertz CT molecular complexity index is 915. The van der Waals surface area contributed by atoms with E-state index < -0.39 is 29.7 Å². The minimum absolute atomic E-state index is 0.00272. The van der Waals surface area contributed by atoms with Crippen LogP contribution in [-0.4, -0.2) is 25.8 Å². The molecule has 1 N–H and O–H groups in total. The van der Waals surface area contributed by atoms with Crippen molar-refractivity contribution in [3.05, 3.63) is 56.9 Å². The van der Waals surface area contributed by atoms with Gasteiger partial charge in [0.15, 0.2) is 0 Å². The molecular weight excluding hydrogens is 409 g/mol. The van der Waals surface area contributed by atoms with Crippen molar-refractivity contribution in [2.75, 3.05) is 13.7 Å². The summed E-state index contributed by atoms with van der Waals surface area (Å²) < 4.78 is 50.3. The summed E-state index contributed by atoms with van der Waals surface area (Å²) in [6.45, 7) is 4.84. The van der Waals surface area contributed by atoms with Crippen LogP contribution >= 0.6 is 11.6 Å². The molecule has 9 heteroatoms. The van der Waals surface area contributed by atoms with Gasteiger partial charge in [0.1, 0.15) is 0 Å². The van der Waals surface area contributed by atoms with Gasteiger partial charge in [0.25, 0.3) is 0 Å². The second-order valence-corrected chi connectivity index (χ2v) is 7.13. The number of nitriles is 1. The summed E-state index contributed by atoms with van der Waals surface area (Å²) in [5.41, 5.74) is -0.198. The number of allylic oxidation sites excluding steroid dienone is 2. The molecule has 1 heterocycles. The number of carbonyl (C=O) groups excluding carboxylic acids is 1. The maximum absolute atomic E-state index is 13.3. The number of esters is 1. The monoisotopic (exact) mass is 428 g/mol. The van der Waals surface area contributed by atoms with Crippen LogP contribution in [0.1, 0.15) is 37.8 Å². The zero-order valence-corrected chi connectivity index (χ0v) is 17.0. The second-order valence-electron chi connectivity index (χ2n) is 6.72. The van der Waals surface area contributed by atoms with Crippen LogP contribution in [0.3, 0.4) is 0 Å². The molecule has 0 fully saturated rings. The third-order valence-electron chi connectivity index (χ3n) is 4.25. The molecule has 1 aliphatic heterocycles. The number of hydrogen-bond donors (Lipinski definition) is 1. The minimum atomic E-state index is -4.62.